The number of carbonyl (C=O) groups excluding carboxylic acids is 1. The highest BCUT2D eigenvalue weighted by Gasteiger charge is 2.31. The number of aryl methyl sites for hydroxylation is 1. The van der Waals surface area contributed by atoms with Crippen LogP contribution in [-0.4, -0.2) is 34.4 Å². The van der Waals surface area contributed by atoms with Gasteiger partial charge in [-0.25, -0.2) is 22.4 Å². The van der Waals surface area contributed by atoms with E-state index >= 15 is 0 Å². The van der Waals surface area contributed by atoms with E-state index in [9.17, 15) is 13.2 Å². The molecule has 0 bridgehead atoms. The van der Waals surface area contributed by atoms with Crippen LogP contribution in [0.1, 0.15) is 30.4 Å². The van der Waals surface area contributed by atoms with Gasteiger partial charge in [0.15, 0.2) is 11.5 Å². The summed E-state index contributed by atoms with van der Waals surface area (Å²) in [5.41, 5.74) is 7.52. The highest BCUT2D eigenvalue weighted by molar-refractivity contribution is 7.90. The molecule has 2 aromatic heterocycles. The lowest BCUT2D eigenvalue weighted by Gasteiger charge is -2.15. The second kappa shape index (κ2) is 9.91. The SMILES string of the molecule is Cc1ccc(S(=O)(=O)n2ccc3nc(NNC(=O)[C@@H]4CC[C@@H](Oc5ccc(C#N)cc5)C4)cnc32)cc1. The number of carbonyl (C=O) groups is 1. The van der Waals surface area contributed by atoms with Crippen LogP contribution in [0, 0.1) is 24.2 Å². The van der Waals surface area contributed by atoms with Crippen LogP contribution in [0.4, 0.5) is 5.82 Å². The van der Waals surface area contributed by atoms with Crippen LogP contribution in [0.5, 0.6) is 5.75 Å². The fourth-order valence-corrected chi connectivity index (χ4v) is 5.58. The summed E-state index contributed by atoms with van der Waals surface area (Å²) in [6.45, 7) is 1.89. The van der Waals surface area contributed by atoms with E-state index in [1.165, 1.54) is 12.4 Å². The lowest BCUT2D eigenvalue weighted by atomic mass is 10.1. The van der Waals surface area contributed by atoms with Gasteiger partial charge in [-0.2, -0.15) is 5.26 Å². The molecule has 1 amide bonds. The minimum atomic E-state index is -3.82. The van der Waals surface area contributed by atoms with Crippen molar-refractivity contribution in [2.24, 2.45) is 5.92 Å². The Bertz CT molecular complexity index is 1590. The van der Waals surface area contributed by atoms with Crippen LogP contribution in [0.2, 0.25) is 0 Å². The number of aromatic nitrogens is 3. The van der Waals surface area contributed by atoms with Crippen molar-refractivity contribution >= 4 is 32.9 Å². The van der Waals surface area contributed by atoms with Crippen LogP contribution in [0.25, 0.3) is 11.2 Å². The molecule has 0 unspecified atom stereocenters. The van der Waals surface area contributed by atoms with Gasteiger partial charge in [-0.3, -0.25) is 15.6 Å². The largest absolute Gasteiger partial charge is 0.490 e. The Morgan fingerprint density at radius 1 is 1.11 bits per heavy atom. The summed E-state index contributed by atoms with van der Waals surface area (Å²) in [4.78, 5) is 21.5. The lowest BCUT2D eigenvalue weighted by Crippen LogP contribution is -2.34. The van der Waals surface area contributed by atoms with E-state index in [0.717, 1.165) is 16.0 Å². The van der Waals surface area contributed by atoms with Gasteiger partial charge >= 0.3 is 0 Å². The van der Waals surface area contributed by atoms with Gasteiger partial charge in [0.05, 0.1) is 28.8 Å². The summed E-state index contributed by atoms with van der Waals surface area (Å²) in [6.07, 6.45) is 4.68. The normalized spacial score (nSPS) is 17.3. The molecule has 1 aliphatic carbocycles. The monoisotopic (exact) mass is 516 g/mol. The number of anilines is 1. The summed E-state index contributed by atoms with van der Waals surface area (Å²) in [7, 11) is -3.82. The van der Waals surface area contributed by atoms with Crippen molar-refractivity contribution in [1.29, 1.82) is 5.26 Å². The summed E-state index contributed by atoms with van der Waals surface area (Å²) in [5, 5.41) is 8.90. The third-order valence-corrected chi connectivity index (χ3v) is 7.97. The molecule has 10 nitrogen and oxygen atoms in total. The zero-order valence-electron chi connectivity index (χ0n) is 20.0. The number of hydrogen-bond donors (Lipinski definition) is 2. The Labute approximate surface area is 213 Å². The molecule has 37 heavy (non-hydrogen) atoms. The molecular weight excluding hydrogens is 492 g/mol. The fourth-order valence-electron chi connectivity index (χ4n) is 4.28. The van der Waals surface area contributed by atoms with Gasteiger partial charge < -0.3 is 4.74 Å². The van der Waals surface area contributed by atoms with Gasteiger partial charge in [0.1, 0.15) is 11.3 Å². The molecule has 188 valence electrons. The molecule has 0 saturated heterocycles. The first-order chi connectivity index (χ1) is 17.8. The lowest BCUT2D eigenvalue weighted by molar-refractivity contribution is -0.124. The average Bonchev–Trinajstić information content (AvgIpc) is 3.55. The first-order valence-electron chi connectivity index (χ1n) is 11.7. The average molecular weight is 517 g/mol. The molecule has 0 aliphatic heterocycles. The molecule has 5 rings (SSSR count). The van der Waals surface area contributed by atoms with E-state index in [0.29, 0.717) is 29.7 Å². The number of ether oxygens (including phenoxy) is 1. The highest BCUT2D eigenvalue weighted by atomic mass is 32.2. The van der Waals surface area contributed by atoms with Crippen LogP contribution in [0.3, 0.4) is 0 Å². The quantitative estimate of drug-likeness (QED) is 0.356. The number of hydrazine groups is 1. The van der Waals surface area contributed by atoms with E-state index in [4.69, 9.17) is 10.00 Å². The summed E-state index contributed by atoms with van der Waals surface area (Å²) < 4.78 is 33.1. The Balaban J connectivity index is 1.20. The molecule has 11 heteroatoms. The molecule has 1 saturated carbocycles. The Hall–Kier alpha value is -4.43. The molecule has 0 spiro atoms. The zero-order chi connectivity index (χ0) is 26.0. The Morgan fingerprint density at radius 3 is 2.59 bits per heavy atom. The number of hydrogen-bond acceptors (Lipinski definition) is 8. The van der Waals surface area contributed by atoms with Crippen molar-refractivity contribution in [3.05, 3.63) is 78.1 Å². The number of nitriles is 1. The van der Waals surface area contributed by atoms with Crippen LogP contribution >= 0.6 is 0 Å². The molecule has 4 aromatic rings. The van der Waals surface area contributed by atoms with E-state index in [1.807, 2.05) is 6.92 Å². The predicted octanol–water partition coefficient (Wildman–Crippen LogP) is 3.54. The first kappa shape index (κ1) is 24.3. The van der Waals surface area contributed by atoms with Crippen LogP contribution in [0.15, 0.2) is 71.9 Å². The summed E-state index contributed by atoms with van der Waals surface area (Å²) in [5.74, 6) is 0.540. The van der Waals surface area contributed by atoms with E-state index < -0.39 is 10.0 Å². The second-order valence-electron chi connectivity index (χ2n) is 8.89. The maximum Gasteiger partial charge on any atom is 0.269 e. The Kier molecular flexibility index (Phi) is 6.50. The van der Waals surface area contributed by atoms with Crippen LogP contribution < -0.4 is 15.6 Å². The maximum atomic E-state index is 13.0. The Morgan fingerprint density at radius 2 is 1.86 bits per heavy atom. The molecule has 0 radical (unpaired) electrons. The smallest absolute Gasteiger partial charge is 0.269 e. The number of nitrogens with one attached hydrogen (secondary N) is 2. The van der Waals surface area contributed by atoms with E-state index in [2.05, 4.69) is 26.9 Å². The number of rotatable bonds is 7. The van der Waals surface area contributed by atoms with E-state index in [-0.39, 0.29) is 34.3 Å². The number of nitrogens with zero attached hydrogens (tertiary/aromatic N) is 4. The molecule has 1 aliphatic rings. The standard InChI is InChI=1S/C26H24N6O4S/c1-17-2-10-22(11-3-17)37(34,35)32-13-12-23-25(32)28-16-24(29-23)30-31-26(33)19-6-9-21(14-19)36-20-7-4-18(15-27)5-8-20/h2-5,7-8,10-13,16,19,21H,6,9,14H2,1H3,(H,29,30)(H,31,33)/t19-,21-/m1/s1. The summed E-state index contributed by atoms with van der Waals surface area (Å²) >= 11 is 0. The van der Waals surface area contributed by atoms with E-state index in [1.54, 1.807) is 54.6 Å². The first-order valence-corrected chi connectivity index (χ1v) is 13.2. The molecule has 2 aromatic carbocycles. The number of fused-ring (bicyclic) bond motifs is 1. The molecule has 1 fully saturated rings. The molecule has 2 atom stereocenters. The maximum absolute atomic E-state index is 13.0. The third kappa shape index (κ3) is 5.10. The van der Waals surface area contributed by atoms with Crippen molar-refractivity contribution in [2.45, 2.75) is 37.2 Å². The fraction of sp³-hybridized carbons (Fsp3) is 0.231. The van der Waals surface area contributed by atoms with Crippen molar-refractivity contribution in [2.75, 3.05) is 5.43 Å². The minimum Gasteiger partial charge on any atom is -0.490 e. The van der Waals surface area contributed by atoms with Gasteiger partial charge in [0.25, 0.3) is 10.0 Å². The van der Waals surface area contributed by atoms with Gasteiger partial charge in [-0.1, -0.05) is 17.7 Å². The zero-order valence-corrected chi connectivity index (χ0v) is 20.8. The highest BCUT2D eigenvalue weighted by Crippen LogP contribution is 2.29. The van der Waals surface area contributed by atoms with Gasteiger partial charge in [-0.15, -0.1) is 0 Å². The van der Waals surface area contributed by atoms with Gasteiger partial charge in [0.2, 0.25) is 5.91 Å². The van der Waals surface area contributed by atoms with Crippen LogP contribution in [-0.2, 0) is 14.8 Å². The minimum absolute atomic E-state index is 0.0879. The van der Waals surface area contributed by atoms with Gasteiger partial charge in [0, 0.05) is 12.1 Å². The predicted molar refractivity (Wildman–Crippen MR) is 136 cm³/mol. The van der Waals surface area contributed by atoms with Crippen molar-refractivity contribution < 1.29 is 17.9 Å². The number of amides is 1. The van der Waals surface area contributed by atoms with Crippen molar-refractivity contribution in [3.63, 3.8) is 0 Å². The van der Waals surface area contributed by atoms with Gasteiger partial charge in [-0.05, 0) is 68.7 Å². The molecular formula is C26H24N6O4S. The number of benzene rings is 2. The topological polar surface area (TPSA) is 139 Å². The molecule has 2 N–H and O–H groups in total. The third-order valence-electron chi connectivity index (χ3n) is 6.29. The second-order valence-corrected chi connectivity index (χ2v) is 10.7. The van der Waals surface area contributed by atoms with Crippen molar-refractivity contribution in [1.82, 2.24) is 19.4 Å². The molecule has 2 heterocycles. The van der Waals surface area contributed by atoms with Crippen molar-refractivity contribution in [3.8, 4) is 11.8 Å². The summed E-state index contributed by atoms with van der Waals surface area (Å²) in [6, 6.07) is 17.1.